The zero-order valence-electron chi connectivity index (χ0n) is 10.0. The standard InChI is InChI=1S/C12H13ClN2O2S.ClH/c13-8-1-3-9(4-2-8)15-11(16)7-10-12(17)14-5-6-18-10;/h1-4,10H,5-7H2,(H,14,17)(H,15,16);1H. The molecule has 1 aliphatic rings. The van der Waals surface area contributed by atoms with Crippen molar-refractivity contribution in [2.24, 2.45) is 0 Å². The number of hydrogen-bond acceptors (Lipinski definition) is 3. The van der Waals surface area contributed by atoms with Crippen LogP contribution in [0.4, 0.5) is 5.69 Å². The van der Waals surface area contributed by atoms with Gasteiger partial charge in [0.25, 0.3) is 0 Å². The second kappa shape index (κ2) is 7.62. The average Bonchev–Trinajstić information content (AvgIpc) is 2.35. The number of carbonyl (C=O) groups excluding carboxylic acids is 2. The molecular weight excluding hydrogens is 307 g/mol. The van der Waals surface area contributed by atoms with Gasteiger partial charge in [-0.15, -0.1) is 24.2 Å². The molecular formula is C12H14Cl2N2O2S. The Bertz CT molecular complexity index is 454. The van der Waals surface area contributed by atoms with E-state index < -0.39 is 0 Å². The third kappa shape index (κ3) is 4.93. The van der Waals surface area contributed by atoms with Crippen LogP contribution in [0.25, 0.3) is 0 Å². The molecule has 104 valence electrons. The maximum absolute atomic E-state index is 11.8. The summed E-state index contributed by atoms with van der Waals surface area (Å²) in [5.41, 5.74) is 0.686. The summed E-state index contributed by atoms with van der Waals surface area (Å²) in [5.74, 6) is 0.634. The fourth-order valence-corrected chi connectivity index (χ4v) is 2.76. The summed E-state index contributed by atoms with van der Waals surface area (Å²) in [4.78, 5) is 23.3. The van der Waals surface area contributed by atoms with Crippen molar-refractivity contribution in [2.45, 2.75) is 11.7 Å². The van der Waals surface area contributed by atoms with Crippen molar-refractivity contribution < 1.29 is 9.59 Å². The van der Waals surface area contributed by atoms with Crippen molar-refractivity contribution in [1.29, 1.82) is 0 Å². The molecule has 1 saturated heterocycles. The molecule has 7 heteroatoms. The number of amides is 2. The lowest BCUT2D eigenvalue weighted by atomic mass is 10.2. The first kappa shape index (κ1) is 16.1. The minimum absolute atomic E-state index is 0. The molecule has 0 radical (unpaired) electrons. The number of anilines is 1. The lowest BCUT2D eigenvalue weighted by Crippen LogP contribution is -2.40. The van der Waals surface area contributed by atoms with E-state index in [1.165, 1.54) is 11.8 Å². The number of halogens is 2. The van der Waals surface area contributed by atoms with E-state index in [1.807, 2.05) is 0 Å². The van der Waals surface area contributed by atoms with E-state index >= 15 is 0 Å². The van der Waals surface area contributed by atoms with Crippen molar-refractivity contribution in [3.05, 3.63) is 29.3 Å². The van der Waals surface area contributed by atoms with Gasteiger partial charge in [0.15, 0.2) is 0 Å². The van der Waals surface area contributed by atoms with Crippen LogP contribution in [0.3, 0.4) is 0 Å². The van der Waals surface area contributed by atoms with Gasteiger partial charge in [-0.25, -0.2) is 0 Å². The molecule has 1 unspecified atom stereocenters. The first-order valence-electron chi connectivity index (χ1n) is 5.60. The second-order valence-electron chi connectivity index (χ2n) is 3.91. The van der Waals surface area contributed by atoms with E-state index in [1.54, 1.807) is 24.3 Å². The van der Waals surface area contributed by atoms with Gasteiger partial charge < -0.3 is 10.6 Å². The topological polar surface area (TPSA) is 58.2 Å². The van der Waals surface area contributed by atoms with Crippen LogP contribution in [0.15, 0.2) is 24.3 Å². The minimum Gasteiger partial charge on any atom is -0.354 e. The van der Waals surface area contributed by atoms with Crippen molar-refractivity contribution >= 4 is 53.3 Å². The van der Waals surface area contributed by atoms with E-state index in [-0.39, 0.29) is 35.9 Å². The Labute approximate surface area is 127 Å². The third-order valence-corrected chi connectivity index (χ3v) is 3.99. The molecule has 1 fully saturated rings. The summed E-state index contributed by atoms with van der Waals surface area (Å²) in [6.45, 7) is 0.679. The van der Waals surface area contributed by atoms with Gasteiger partial charge >= 0.3 is 0 Å². The largest absolute Gasteiger partial charge is 0.354 e. The highest BCUT2D eigenvalue weighted by Gasteiger charge is 2.25. The van der Waals surface area contributed by atoms with Gasteiger partial charge in [-0.2, -0.15) is 0 Å². The van der Waals surface area contributed by atoms with Crippen molar-refractivity contribution in [3.63, 3.8) is 0 Å². The monoisotopic (exact) mass is 320 g/mol. The van der Waals surface area contributed by atoms with Gasteiger partial charge in [0.05, 0.1) is 5.25 Å². The van der Waals surface area contributed by atoms with Crippen LogP contribution in [0.1, 0.15) is 6.42 Å². The van der Waals surface area contributed by atoms with Gasteiger partial charge in [-0.3, -0.25) is 9.59 Å². The molecule has 0 aliphatic carbocycles. The van der Waals surface area contributed by atoms with Gasteiger partial charge in [0.1, 0.15) is 0 Å². The van der Waals surface area contributed by atoms with Gasteiger partial charge in [0.2, 0.25) is 11.8 Å². The van der Waals surface area contributed by atoms with Crippen LogP contribution in [-0.2, 0) is 9.59 Å². The van der Waals surface area contributed by atoms with E-state index in [9.17, 15) is 9.59 Å². The predicted octanol–water partition coefficient (Wildman–Crippen LogP) is 2.32. The summed E-state index contributed by atoms with van der Waals surface area (Å²) in [6, 6.07) is 6.88. The van der Waals surface area contributed by atoms with Crippen molar-refractivity contribution in [3.8, 4) is 0 Å². The summed E-state index contributed by atoms with van der Waals surface area (Å²) in [5, 5.41) is 5.83. The Morgan fingerprint density at radius 1 is 1.42 bits per heavy atom. The summed E-state index contributed by atoms with van der Waals surface area (Å²) in [6.07, 6.45) is 0.194. The molecule has 1 aromatic rings. The molecule has 1 aliphatic heterocycles. The lowest BCUT2D eigenvalue weighted by Gasteiger charge is -2.20. The SMILES string of the molecule is Cl.O=C(CC1SCCNC1=O)Nc1ccc(Cl)cc1. The molecule has 0 saturated carbocycles. The Morgan fingerprint density at radius 2 is 2.11 bits per heavy atom. The summed E-state index contributed by atoms with van der Waals surface area (Å²) in [7, 11) is 0. The molecule has 19 heavy (non-hydrogen) atoms. The lowest BCUT2D eigenvalue weighted by molar-refractivity contribution is -0.123. The Morgan fingerprint density at radius 3 is 2.74 bits per heavy atom. The number of benzene rings is 1. The predicted molar refractivity (Wildman–Crippen MR) is 81.2 cm³/mol. The van der Waals surface area contributed by atoms with E-state index in [4.69, 9.17) is 11.6 Å². The fraction of sp³-hybridized carbons (Fsp3) is 0.333. The number of hydrogen-bond donors (Lipinski definition) is 2. The van der Waals surface area contributed by atoms with E-state index in [2.05, 4.69) is 10.6 Å². The van der Waals surface area contributed by atoms with Crippen LogP contribution in [0.2, 0.25) is 5.02 Å². The first-order valence-corrected chi connectivity index (χ1v) is 7.02. The average molecular weight is 321 g/mol. The Balaban J connectivity index is 0.00000180. The molecule has 1 aromatic carbocycles. The molecule has 0 aromatic heterocycles. The maximum atomic E-state index is 11.8. The Hall–Kier alpha value is -0.910. The molecule has 1 heterocycles. The molecule has 0 spiro atoms. The van der Waals surface area contributed by atoms with Gasteiger partial charge in [0, 0.05) is 29.4 Å². The fourth-order valence-electron chi connectivity index (χ4n) is 1.63. The van der Waals surface area contributed by atoms with Gasteiger partial charge in [-0.1, -0.05) is 11.6 Å². The minimum atomic E-state index is -0.286. The molecule has 0 bridgehead atoms. The highest BCUT2D eigenvalue weighted by molar-refractivity contribution is 8.00. The normalized spacial score (nSPS) is 18.2. The van der Waals surface area contributed by atoms with Crippen LogP contribution in [-0.4, -0.2) is 29.4 Å². The quantitative estimate of drug-likeness (QED) is 0.898. The number of rotatable bonds is 3. The van der Waals surface area contributed by atoms with Crippen LogP contribution < -0.4 is 10.6 Å². The molecule has 4 nitrogen and oxygen atoms in total. The maximum Gasteiger partial charge on any atom is 0.233 e. The Kier molecular flexibility index (Phi) is 6.48. The van der Waals surface area contributed by atoms with E-state index in [0.29, 0.717) is 17.3 Å². The van der Waals surface area contributed by atoms with Crippen LogP contribution in [0, 0.1) is 0 Å². The van der Waals surface area contributed by atoms with Crippen LogP contribution >= 0.6 is 35.8 Å². The molecule has 1 atom stereocenters. The summed E-state index contributed by atoms with van der Waals surface area (Å²) < 4.78 is 0. The molecule has 2 amide bonds. The highest BCUT2D eigenvalue weighted by atomic mass is 35.5. The number of carbonyl (C=O) groups is 2. The second-order valence-corrected chi connectivity index (χ2v) is 5.66. The smallest absolute Gasteiger partial charge is 0.233 e. The summed E-state index contributed by atoms with van der Waals surface area (Å²) >= 11 is 7.27. The molecule has 2 N–H and O–H groups in total. The number of thioether (sulfide) groups is 1. The van der Waals surface area contributed by atoms with Crippen molar-refractivity contribution in [1.82, 2.24) is 5.32 Å². The zero-order valence-corrected chi connectivity index (χ0v) is 12.4. The molecule has 2 rings (SSSR count). The third-order valence-electron chi connectivity index (χ3n) is 2.51. The zero-order chi connectivity index (χ0) is 13.0. The highest BCUT2D eigenvalue weighted by Crippen LogP contribution is 2.19. The van der Waals surface area contributed by atoms with Crippen LogP contribution in [0.5, 0.6) is 0 Å². The number of nitrogens with one attached hydrogen (secondary N) is 2. The van der Waals surface area contributed by atoms with Crippen molar-refractivity contribution in [2.75, 3.05) is 17.6 Å². The first-order chi connectivity index (χ1) is 8.65. The van der Waals surface area contributed by atoms with Gasteiger partial charge in [-0.05, 0) is 24.3 Å². The van der Waals surface area contributed by atoms with E-state index in [0.717, 1.165) is 5.75 Å².